The van der Waals surface area contributed by atoms with Gasteiger partial charge in [-0.1, -0.05) is 19.1 Å². The van der Waals surface area contributed by atoms with Crippen molar-refractivity contribution < 1.29 is 4.74 Å². The summed E-state index contributed by atoms with van der Waals surface area (Å²) in [5, 5.41) is 6.84. The first-order valence-electron chi connectivity index (χ1n) is 8.89. The lowest BCUT2D eigenvalue weighted by Gasteiger charge is -2.26. The van der Waals surface area contributed by atoms with E-state index in [0.717, 1.165) is 31.2 Å². The Balaban J connectivity index is 0.00000364. The fraction of sp³-hybridized carbons (Fsp3) is 0.450. The minimum atomic E-state index is 0. The van der Waals surface area contributed by atoms with Crippen LogP contribution in [0.25, 0.3) is 0 Å². The van der Waals surface area contributed by atoms with Gasteiger partial charge in [-0.05, 0) is 50.3 Å². The van der Waals surface area contributed by atoms with Crippen molar-refractivity contribution in [1.29, 1.82) is 0 Å². The largest absolute Gasteiger partial charge is 0.497 e. The summed E-state index contributed by atoms with van der Waals surface area (Å²) in [6, 6.07) is 12.8. The molecule has 1 aromatic carbocycles. The van der Waals surface area contributed by atoms with E-state index in [4.69, 9.17) is 4.74 Å². The Morgan fingerprint density at radius 2 is 1.78 bits per heavy atom. The monoisotopic (exact) mass is 502 g/mol. The molecule has 1 heterocycles. The van der Waals surface area contributed by atoms with Crippen molar-refractivity contribution in [3.05, 3.63) is 51.7 Å². The maximum absolute atomic E-state index is 5.25. The molecule has 2 aromatic rings. The zero-order chi connectivity index (χ0) is 18.9. The fourth-order valence-electron chi connectivity index (χ4n) is 2.72. The Hall–Kier alpha value is -1.32. The average molecular weight is 502 g/mol. The molecule has 0 fully saturated rings. The molecular weight excluding hydrogens is 471 g/mol. The Kier molecular flexibility index (Phi) is 10.7. The van der Waals surface area contributed by atoms with E-state index in [1.165, 1.54) is 15.3 Å². The Bertz CT molecular complexity index is 700. The van der Waals surface area contributed by atoms with E-state index in [-0.39, 0.29) is 30.0 Å². The number of benzene rings is 1. The molecule has 27 heavy (non-hydrogen) atoms. The molecule has 1 atom stereocenters. The predicted octanol–water partition coefficient (Wildman–Crippen LogP) is 3.91. The van der Waals surface area contributed by atoms with Crippen LogP contribution < -0.4 is 15.4 Å². The zero-order valence-corrected chi connectivity index (χ0v) is 19.9. The molecule has 5 nitrogen and oxygen atoms in total. The van der Waals surface area contributed by atoms with Crippen molar-refractivity contribution in [2.45, 2.75) is 25.9 Å². The van der Waals surface area contributed by atoms with Gasteiger partial charge in [0.25, 0.3) is 0 Å². The van der Waals surface area contributed by atoms with Crippen LogP contribution in [0.2, 0.25) is 0 Å². The molecule has 2 rings (SSSR count). The summed E-state index contributed by atoms with van der Waals surface area (Å²) in [6.07, 6.45) is 1.09. The Labute approximate surface area is 184 Å². The lowest BCUT2D eigenvalue weighted by molar-refractivity contribution is 0.298. The molecule has 0 bridgehead atoms. The van der Waals surface area contributed by atoms with Gasteiger partial charge in [0.2, 0.25) is 0 Å². The lowest BCUT2D eigenvalue weighted by atomic mass is 10.1. The first-order chi connectivity index (χ1) is 12.6. The van der Waals surface area contributed by atoms with Crippen LogP contribution >= 0.6 is 35.3 Å². The maximum Gasteiger partial charge on any atom is 0.191 e. The second-order valence-electron chi connectivity index (χ2n) is 6.28. The van der Waals surface area contributed by atoms with Crippen LogP contribution in [-0.4, -0.2) is 45.7 Å². The summed E-state index contributed by atoms with van der Waals surface area (Å²) < 4.78 is 5.25. The van der Waals surface area contributed by atoms with Crippen molar-refractivity contribution >= 4 is 41.3 Å². The molecule has 150 valence electrons. The van der Waals surface area contributed by atoms with Gasteiger partial charge in [-0.25, -0.2) is 0 Å². The van der Waals surface area contributed by atoms with Crippen LogP contribution in [-0.2, 0) is 13.0 Å². The quantitative estimate of drug-likeness (QED) is 0.327. The highest BCUT2D eigenvalue weighted by molar-refractivity contribution is 14.0. The number of halogens is 1. The molecule has 7 heteroatoms. The molecular formula is C20H31IN4OS. The smallest absolute Gasteiger partial charge is 0.191 e. The van der Waals surface area contributed by atoms with Crippen LogP contribution in [0.4, 0.5) is 0 Å². The summed E-state index contributed by atoms with van der Waals surface area (Å²) in [5.41, 5.74) is 1.24. The third-order valence-corrected chi connectivity index (χ3v) is 5.54. The van der Waals surface area contributed by atoms with Crippen molar-refractivity contribution in [1.82, 2.24) is 15.5 Å². The molecule has 0 aliphatic carbocycles. The third kappa shape index (κ3) is 7.31. The van der Waals surface area contributed by atoms with Gasteiger partial charge < -0.3 is 20.3 Å². The van der Waals surface area contributed by atoms with Crippen molar-refractivity contribution in [3.8, 4) is 5.75 Å². The predicted molar refractivity (Wildman–Crippen MR) is 127 cm³/mol. The van der Waals surface area contributed by atoms with Crippen molar-refractivity contribution in [2.24, 2.45) is 4.99 Å². The summed E-state index contributed by atoms with van der Waals surface area (Å²) in [6.45, 7) is 3.74. The van der Waals surface area contributed by atoms with Gasteiger partial charge in [-0.15, -0.1) is 35.3 Å². The first kappa shape index (κ1) is 23.7. The van der Waals surface area contributed by atoms with Gasteiger partial charge in [0.05, 0.1) is 19.7 Å². The van der Waals surface area contributed by atoms with E-state index >= 15 is 0 Å². The molecule has 0 amide bonds. The molecule has 0 aliphatic heterocycles. The number of aryl methyl sites for hydroxylation is 1. The number of thiophene rings is 1. The minimum absolute atomic E-state index is 0. The number of likely N-dealkylation sites (N-methyl/N-ethyl adjacent to an activating group) is 1. The minimum Gasteiger partial charge on any atom is -0.497 e. The molecule has 2 N–H and O–H groups in total. The van der Waals surface area contributed by atoms with Crippen LogP contribution in [0.1, 0.15) is 28.3 Å². The summed E-state index contributed by atoms with van der Waals surface area (Å²) in [4.78, 5) is 9.28. The number of hydrogen-bond acceptors (Lipinski definition) is 4. The highest BCUT2D eigenvalue weighted by atomic mass is 127. The van der Waals surface area contributed by atoms with Gasteiger partial charge in [0.1, 0.15) is 5.75 Å². The number of ether oxygens (including phenoxy) is 1. The molecule has 0 radical (unpaired) electrons. The molecule has 0 saturated carbocycles. The van der Waals surface area contributed by atoms with E-state index in [1.807, 2.05) is 23.5 Å². The topological polar surface area (TPSA) is 48.9 Å². The van der Waals surface area contributed by atoms with Gasteiger partial charge in [0, 0.05) is 23.3 Å². The van der Waals surface area contributed by atoms with Gasteiger partial charge >= 0.3 is 0 Å². The second kappa shape index (κ2) is 12.2. The highest BCUT2D eigenvalue weighted by Crippen LogP contribution is 2.21. The maximum atomic E-state index is 5.25. The summed E-state index contributed by atoms with van der Waals surface area (Å²) in [7, 11) is 7.67. The average Bonchev–Trinajstić information content (AvgIpc) is 3.12. The molecule has 1 aromatic heterocycles. The first-order valence-corrected chi connectivity index (χ1v) is 9.71. The normalized spacial score (nSPS) is 12.4. The number of methoxy groups -OCH3 is 1. The third-order valence-electron chi connectivity index (χ3n) is 4.31. The van der Waals surface area contributed by atoms with E-state index in [2.05, 4.69) is 65.8 Å². The second-order valence-corrected chi connectivity index (χ2v) is 7.53. The van der Waals surface area contributed by atoms with E-state index in [1.54, 1.807) is 14.2 Å². The molecule has 0 spiro atoms. The lowest BCUT2D eigenvalue weighted by Crippen LogP contribution is -2.41. The SMILES string of the molecule is CCc1ccc(CNC(=NC)NCC(c2ccc(OC)cc2)N(C)C)s1.I. The Morgan fingerprint density at radius 1 is 1.11 bits per heavy atom. The van der Waals surface area contributed by atoms with Crippen LogP contribution in [0.5, 0.6) is 5.75 Å². The number of guanidine groups is 1. The van der Waals surface area contributed by atoms with E-state index in [9.17, 15) is 0 Å². The highest BCUT2D eigenvalue weighted by Gasteiger charge is 2.15. The fourth-order valence-corrected chi connectivity index (χ4v) is 3.61. The van der Waals surface area contributed by atoms with Crippen LogP contribution in [0.3, 0.4) is 0 Å². The van der Waals surface area contributed by atoms with Crippen molar-refractivity contribution in [3.63, 3.8) is 0 Å². The number of hydrogen-bond donors (Lipinski definition) is 2. The number of aliphatic imine (C=N–C) groups is 1. The standard InChI is InChI=1S/C20H30N4OS.HI/c1-6-17-11-12-18(26-17)13-22-20(21-2)23-14-19(24(3)4)15-7-9-16(25-5)10-8-15;/h7-12,19H,6,13-14H2,1-5H3,(H2,21,22,23);1H. The number of nitrogens with zero attached hydrogens (tertiary/aromatic N) is 2. The summed E-state index contributed by atoms with van der Waals surface area (Å²) >= 11 is 1.85. The van der Waals surface area contributed by atoms with Crippen molar-refractivity contribution in [2.75, 3.05) is 34.8 Å². The van der Waals surface area contributed by atoms with E-state index < -0.39 is 0 Å². The Morgan fingerprint density at radius 3 is 2.30 bits per heavy atom. The zero-order valence-electron chi connectivity index (χ0n) is 16.8. The number of rotatable bonds is 8. The molecule has 1 unspecified atom stereocenters. The van der Waals surface area contributed by atoms with E-state index in [0.29, 0.717) is 0 Å². The van der Waals surface area contributed by atoms with Gasteiger partial charge in [-0.2, -0.15) is 0 Å². The van der Waals surface area contributed by atoms with Gasteiger partial charge in [0.15, 0.2) is 5.96 Å². The van der Waals surface area contributed by atoms with Crippen LogP contribution in [0.15, 0.2) is 41.4 Å². The number of nitrogens with one attached hydrogen (secondary N) is 2. The summed E-state index contributed by atoms with van der Waals surface area (Å²) in [5.74, 6) is 1.69. The molecule has 0 saturated heterocycles. The molecule has 0 aliphatic rings. The van der Waals surface area contributed by atoms with Crippen LogP contribution in [0, 0.1) is 0 Å². The van der Waals surface area contributed by atoms with Gasteiger partial charge in [-0.3, -0.25) is 4.99 Å².